The molecule has 6 rings (SSSR count). The third-order valence-corrected chi connectivity index (χ3v) is 8.08. The molecular weight excluding hydrogens is 446 g/mol. The Morgan fingerprint density at radius 3 is 2.68 bits per heavy atom. The third-order valence-electron chi connectivity index (χ3n) is 7.52. The van der Waals surface area contributed by atoms with Crippen molar-refractivity contribution in [2.75, 3.05) is 13.7 Å². The first-order valence-corrected chi connectivity index (χ1v) is 12.7. The molecule has 8 heteroatoms. The van der Waals surface area contributed by atoms with Crippen LogP contribution in [0.4, 0.5) is 0 Å². The lowest BCUT2D eigenvalue weighted by Crippen LogP contribution is -2.50. The molecule has 2 aromatic carbocycles. The monoisotopic (exact) mass is 475 g/mol. The zero-order valence-electron chi connectivity index (χ0n) is 19.2. The van der Waals surface area contributed by atoms with Gasteiger partial charge in [0, 0.05) is 42.8 Å². The number of aliphatic hydroxyl groups excluding tert-OH is 1. The van der Waals surface area contributed by atoms with Crippen molar-refractivity contribution < 1.29 is 9.84 Å². The molecule has 2 aliphatic heterocycles. The summed E-state index contributed by atoms with van der Waals surface area (Å²) in [5.74, 6) is 0.783. The maximum atomic E-state index is 11.2. The number of pyridine rings is 1. The van der Waals surface area contributed by atoms with E-state index in [1.807, 2.05) is 24.3 Å². The summed E-state index contributed by atoms with van der Waals surface area (Å²) in [7, 11) is 1.66. The maximum Gasteiger partial charge on any atom is 0.119 e. The quantitative estimate of drug-likeness (QED) is 0.417. The summed E-state index contributed by atoms with van der Waals surface area (Å²) < 4.78 is 14.1. The topological polar surface area (TPSA) is 83.4 Å². The van der Waals surface area contributed by atoms with E-state index in [0.29, 0.717) is 24.7 Å². The Kier molecular flexibility index (Phi) is 5.90. The van der Waals surface area contributed by atoms with Crippen molar-refractivity contribution in [2.45, 2.75) is 56.5 Å². The number of hydrogen-bond donors (Lipinski definition) is 2. The van der Waals surface area contributed by atoms with E-state index in [4.69, 9.17) is 4.74 Å². The molecule has 34 heavy (non-hydrogen) atoms. The average molecular weight is 476 g/mol. The summed E-state index contributed by atoms with van der Waals surface area (Å²) in [5, 5.41) is 16.0. The molecule has 2 saturated heterocycles. The van der Waals surface area contributed by atoms with Gasteiger partial charge < -0.3 is 15.2 Å². The van der Waals surface area contributed by atoms with Gasteiger partial charge in [-0.2, -0.15) is 8.75 Å². The van der Waals surface area contributed by atoms with E-state index in [1.54, 1.807) is 13.3 Å². The molecule has 3 atom stereocenters. The minimum atomic E-state index is -0.552. The number of fused-ring (bicyclic) bond motifs is 4. The number of nitrogens with one attached hydrogen (secondary N) is 1. The highest BCUT2D eigenvalue weighted by molar-refractivity contribution is 7.00. The van der Waals surface area contributed by atoms with Crippen LogP contribution < -0.4 is 10.1 Å². The van der Waals surface area contributed by atoms with E-state index in [2.05, 4.69) is 42.1 Å². The minimum Gasteiger partial charge on any atom is -0.497 e. The Morgan fingerprint density at radius 2 is 1.85 bits per heavy atom. The fourth-order valence-corrected chi connectivity index (χ4v) is 6.32. The van der Waals surface area contributed by atoms with Crippen LogP contribution in [0.1, 0.15) is 42.9 Å². The van der Waals surface area contributed by atoms with Crippen LogP contribution in [0, 0.1) is 0 Å². The molecule has 0 aliphatic carbocycles. The van der Waals surface area contributed by atoms with E-state index < -0.39 is 6.10 Å². The molecule has 2 fully saturated rings. The second kappa shape index (κ2) is 9.19. The van der Waals surface area contributed by atoms with Crippen LogP contribution in [0.5, 0.6) is 5.75 Å². The molecule has 2 aromatic heterocycles. The first-order valence-electron chi connectivity index (χ1n) is 12.0. The molecule has 176 valence electrons. The van der Waals surface area contributed by atoms with Crippen molar-refractivity contribution in [3.05, 3.63) is 59.8 Å². The van der Waals surface area contributed by atoms with E-state index in [-0.39, 0.29) is 0 Å². The number of rotatable bonds is 7. The largest absolute Gasteiger partial charge is 0.497 e. The lowest BCUT2D eigenvalue weighted by Gasteiger charge is -2.40. The first-order chi connectivity index (χ1) is 16.7. The highest BCUT2D eigenvalue weighted by Crippen LogP contribution is 2.38. The third kappa shape index (κ3) is 4.15. The molecular formula is C26H29N5O2S. The van der Waals surface area contributed by atoms with E-state index >= 15 is 0 Å². The molecule has 0 spiro atoms. The van der Waals surface area contributed by atoms with Crippen molar-refractivity contribution in [1.82, 2.24) is 23.9 Å². The van der Waals surface area contributed by atoms with Crippen LogP contribution in [0.3, 0.4) is 0 Å². The molecule has 2 bridgehead atoms. The number of piperidine rings is 1. The minimum absolute atomic E-state index is 0.501. The van der Waals surface area contributed by atoms with Crippen LogP contribution in [0.2, 0.25) is 0 Å². The van der Waals surface area contributed by atoms with Gasteiger partial charge in [-0.3, -0.25) is 9.88 Å². The molecule has 4 aromatic rings. The number of methoxy groups -OCH3 is 1. The van der Waals surface area contributed by atoms with E-state index in [9.17, 15) is 5.11 Å². The first kappa shape index (κ1) is 21.9. The molecule has 0 radical (unpaired) electrons. The van der Waals surface area contributed by atoms with Gasteiger partial charge in [0.25, 0.3) is 0 Å². The van der Waals surface area contributed by atoms with Crippen molar-refractivity contribution in [1.29, 1.82) is 0 Å². The van der Waals surface area contributed by atoms with Gasteiger partial charge in [0.1, 0.15) is 16.8 Å². The number of benzene rings is 2. The Bertz CT molecular complexity index is 1300. The van der Waals surface area contributed by atoms with Gasteiger partial charge in [0.05, 0.1) is 30.5 Å². The fraction of sp³-hybridized carbons (Fsp3) is 0.423. The Hall–Kier alpha value is -2.65. The number of aliphatic hydroxyl groups is 1. The van der Waals surface area contributed by atoms with E-state index in [0.717, 1.165) is 52.6 Å². The molecule has 2 aliphatic rings. The van der Waals surface area contributed by atoms with Crippen LogP contribution in [0.15, 0.2) is 48.7 Å². The number of hydrogen-bond acceptors (Lipinski definition) is 8. The van der Waals surface area contributed by atoms with E-state index in [1.165, 1.54) is 30.1 Å². The SMILES string of the molecule is COc1ccc2nccc(C(O)CN3C4CCC3CC(NCc3ccc5nsnc5c3)C4)c2c1. The van der Waals surface area contributed by atoms with Gasteiger partial charge in [0.15, 0.2) is 0 Å². The van der Waals surface area contributed by atoms with Gasteiger partial charge in [0.2, 0.25) is 0 Å². The van der Waals surface area contributed by atoms with Gasteiger partial charge >= 0.3 is 0 Å². The number of nitrogens with zero attached hydrogens (tertiary/aromatic N) is 4. The van der Waals surface area contributed by atoms with Crippen molar-refractivity contribution >= 4 is 33.7 Å². The standard InChI is InChI=1S/C26H29N5O2S/c1-33-20-5-7-23-22(13-20)21(8-9-27-23)26(32)15-31-18-3-4-19(31)12-17(11-18)28-14-16-2-6-24-25(10-16)30-34-29-24/h2,5-10,13,17-19,26,28,32H,3-4,11-12,14-15H2,1H3. The van der Waals surface area contributed by atoms with Crippen molar-refractivity contribution in [2.24, 2.45) is 0 Å². The summed E-state index contributed by atoms with van der Waals surface area (Å²) in [6, 6.07) is 15.6. The number of aromatic nitrogens is 3. The summed E-state index contributed by atoms with van der Waals surface area (Å²) in [6.07, 6.45) is 5.89. The maximum absolute atomic E-state index is 11.2. The summed E-state index contributed by atoms with van der Waals surface area (Å²) >= 11 is 1.27. The van der Waals surface area contributed by atoms with Crippen LogP contribution >= 0.6 is 11.7 Å². The second-order valence-electron chi connectivity index (χ2n) is 9.52. The molecule has 4 heterocycles. The predicted octanol–water partition coefficient (Wildman–Crippen LogP) is 4.07. The zero-order valence-corrected chi connectivity index (χ0v) is 20.0. The Labute approximate surface area is 203 Å². The van der Waals surface area contributed by atoms with Gasteiger partial charge in [-0.05, 0) is 73.2 Å². The molecule has 0 saturated carbocycles. The second-order valence-corrected chi connectivity index (χ2v) is 10.0. The smallest absolute Gasteiger partial charge is 0.119 e. The fourth-order valence-electron chi connectivity index (χ4n) is 5.80. The predicted molar refractivity (Wildman–Crippen MR) is 134 cm³/mol. The Morgan fingerprint density at radius 1 is 1.06 bits per heavy atom. The van der Waals surface area contributed by atoms with Gasteiger partial charge in [-0.1, -0.05) is 6.07 Å². The van der Waals surface area contributed by atoms with Crippen LogP contribution in [-0.4, -0.2) is 55.5 Å². The van der Waals surface area contributed by atoms with Crippen molar-refractivity contribution in [3.63, 3.8) is 0 Å². The molecule has 3 unspecified atom stereocenters. The molecule has 0 amide bonds. The van der Waals surface area contributed by atoms with Crippen molar-refractivity contribution in [3.8, 4) is 5.75 Å². The number of ether oxygens (including phenoxy) is 1. The lowest BCUT2D eigenvalue weighted by molar-refractivity contribution is 0.0522. The highest BCUT2D eigenvalue weighted by Gasteiger charge is 2.41. The van der Waals surface area contributed by atoms with Crippen LogP contribution in [-0.2, 0) is 6.54 Å². The lowest BCUT2D eigenvalue weighted by atomic mass is 9.95. The molecule has 7 nitrogen and oxygen atoms in total. The van der Waals surface area contributed by atoms with Crippen LogP contribution in [0.25, 0.3) is 21.9 Å². The van der Waals surface area contributed by atoms with Gasteiger partial charge in [-0.25, -0.2) is 0 Å². The zero-order chi connectivity index (χ0) is 23.1. The normalized spacial score (nSPS) is 23.5. The summed E-state index contributed by atoms with van der Waals surface area (Å²) in [4.78, 5) is 7.01. The summed E-state index contributed by atoms with van der Waals surface area (Å²) in [6.45, 7) is 1.51. The highest BCUT2D eigenvalue weighted by atomic mass is 32.1. The Balaban J connectivity index is 1.11. The summed E-state index contributed by atoms with van der Waals surface area (Å²) in [5.41, 5.74) is 5.02. The molecule has 2 N–H and O–H groups in total. The van der Waals surface area contributed by atoms with Gasteiger partial charge in [-0.15, -0.1) is 0 Å². The average Bonchev–Trinajstić information content (AvgIpc) is 3.42.